The van der Waals surface area contributed by atoms with E-state index in [9.17, 15) is 21.6 Å². The number of sulfone groups is 1. The molecular formula is C12H10ClF3N2O2S2. The van der Waals surface area contributed by atoms with Gasteiger partial charge in [-0.1, -0.05) is 23.4 Å². The second-order valence-corrected chi connectivity index (χ2v) is 8.93. The summed E-state index contributed by atoms with van der Waals surface area (Å²) in [5, 5.41) is 7.24. The first kappa shape index (κ1) is 15.9. The van der Waals surface area contributed by atoms with Crippen LogP contribution in [0.5, 0.6) is 0 Å². The Morgan fingerprint density at radius 1 is 1.32 bits per heavy atom. The molecule has 1 aromatic carbocycles. The van der Waals surface area contributed by atoms with Gasteiger partial charge in [0.15, 0.2) is 15.0 Å². The molecular weight excluding hydrogens is 361 g/mol. The number of thioether (sulfide) groups is 1. The third-order valence-corrected chi connectivity index (χ3v) is 7.08. The molecule has 0 saturated carbocycles. The van der Waals surface area contributed by atoms with Crippen LogP contribution in [-0.4, -0.2) is 36.4 Å². The minimum Gasteiger partial charge on any atom is -0.316 e. The molecule has 2 atom stereocenters. The number of alkyl halides is 3. The maximum atomic E-state index is 12.9. The molecule has 0 spiro atoms. The molecule has 10 heteroatoms. The Balaban J connectivity index is 2.02. The molecule has 0 aliphatic carbocycles. The van der Waals surface area contributed by atoms with Crippen LogP contribution in [0.25, 0.3) is 0 Å². The summed E-state index contributed by atoms with van der Waals surface area (Å²) in [5.41, 5.74) is -0.854. The Labute approximate surface area is 134 Å². The van der Waals surface area contributed by atoms with Gasteiger partial charge in [0, 0.05) is 10.9 Å². The summed E-state index contributed by atoms with van der Waals surface area (Å²) in [4.78, 5) is 1.35. The summed E-state index contributed by atoms with van der Waals surface area (Å²) in [6.45, 7) is 0. The average molecular weight is 371 g/mol. The predicted octanol–water partition coefficient (Wildman–Crippen LogP) is 3.01. The van der Waals surface area contributed by atoms with Crippen LogP contribution in [0.4, 0.5) is 18.9 Å². The van der Waals surface area contributed by atoms with E-state index in [1.54, 1.807) is 0 Å². The highest BCUT2D eigenvalue weighted by Gasteiger charge is 2.49. The van der Waals surface area contributed by atoms with Crippen molar-refractivity contribution in [1.82, 2.24) is 0 Å². The van der Waals surface area contributed by atoms with Crippen molar-refractivity contribution in [2.24, 2.45) is 0 Å². The summed E-state index contributed by atoms with van der Waals surface area (Å²) in [5.74, 6) is -0.210. The Morgan fingerprint density at radius 2 is 2.00 bits per heavy atom. The Hall–Kier alpha value is -0.930. The van der Waals surface area contributed by atoms with Crippen molar-refractivity contribution >= 4 is 44.1 Å². The molecule has 2 heterocycles. The third kappa shape index (κ3) is 2.69. The quantitative estimate of drug-likeness (QED) is 0.825. The van der Waals surface area contributed by atoms with Crippen LogP contribution in [0.1, 0.15) is 5.56 Å². The largest absolute Gasteiger partial charge is 0.417 e. The minimum atomic E-state index is -4.61. The number of anilines is 1. The topological polar surface area (TPSA) is 61.2 Å². The summed E-state index contributed by atoms with van der Waals surface area (Å²) in [6, 6.07) is 2.85. The first-order chi connectivity index (χ1) is 10.1. The van der Waals surface area contributed by atoms with Gasteiger partial charge >= 0.3 is 6.18 Å². The predicted molar refractivity (Wildman–Crippen MR) is 80.5 cm³/mol. The number of hydrogen-bond donors (Lipinski definition) is 1. The number of amidine groups is 1. The summed E-state index contributed by atoms with van der Waals surface area (Å²) >= 11 is 6.66. The van der Waals surface area contributed by atoms with Crippen LogP contribution in [0.15, 0.2) is 18.2 Å². The monoisotopic (exact) mass is 370 g/mol. The lowest BCUT2D eigenvalue weighted by Gasteiger charge is -2.25. The molecule has 2 aliphatic heterocycles. The van der Waals surface area contributed by atoms with Crippen LogP contribution in [0, 0.1) is 5.41 Å². The highest BCUT2D eigenvalue weighted by molar-refractivity contribution is 8.15. The van der Waals surface area contributed by atoms with Gasteiger partial charge in [0.05, 0.1) is 28.1 Å². The molecule has 0 radical (unpaired) electrons. The average Bonchev–Trinajstić information content (AvgIpc) is 2.79. The van der Waals surface area contributed by atoms with Crippen molar-refractivity contribution in [3.63, 3.8) is 0 Å². The fraction of sp³-hybridized carbons (Fsp3) is 0.417. The van der Waals surface area contributed by atoms with E-state index in [0.29, 0.717) is 0 Å². The van der Waals surface area contributed by atoms with Gasteiger partial charge in [-0.05, 0) is 18.2 Å². The van der Waals surface area contributed by atoms with Gasteiger partial charge in [-0.15, -0.1) is 0 Å². The number of fused-ring (bicyclic) bond motifs is 1. The lowest BCUT2D eigenvalue weighted by atomic mass is 10.1. The SMILES string of the molecule is N=C1SC2CS(=O)(=O)CC2N1c1ccc(Cl)c(C(F)(F)F)c1. The molecule has 2 unspecified atom stereocenters. The van der Waals surface area contributed by atoms with Crippen LogP contribution in [0.3, 0.4) is 0 Å². The zero-order valence-electron chi connectivity index (χ0n) is 10.9. The number of rotatable bonds is 1. The number of nitrogens with one attached hydrogen (secondary N) is 1. The highest BCUT2D eigenvalue weighted by atomic mass is 35.5. The summed E-state index contributed by atoms with van der Waals surface area (Å²) in [7, 11) is -3.22. The van der Waals surface area contributed by atoms with Gasteiger partial charge in [-0.3, -0.25) is 5.41 Å². The van der Waals surface area contributed by atoms with Crippen molar-refractivity contribution in [2.75, 3.05) is 16.4 Å². The first-order valence-corrected chi connectivity index (χ1v) is 9.28. The molecule has 22 heavy (non-hydrogen) atoms. The van der Waals surface area contributed by atoms with E-state index < -0.39 is 32.6 Å². The fourth-order valence-corrected chi connectivity index (χ4v) is 6.71. The van der Waals surface area contributed by atoms with Crippen LogP contribution in [0.2, 0.25) is 5.02 Å². The highest BCUT2D eigenvalue weighted by Crippen LogP contribution is 2.43. The van der Waals surface area contributed by atoms with E-state index in [0.717, 1.165) is 23.9 Å². The standard InChI is InChI=1S/C12H10ClF3N2O2S2/c13-8-2-1-6(3-7(8)12(14,15)16)18-9-4-22(19,20)5-10(9)21-11(18)17/h1-3,9-10,17H,4-5H2. The van der Waals surface area contributed by atoms with E-state index in [4.69, 9.17) is 17.0 Å². The molecule has 3 rings (SSSR count). The van der Waals surface area contributed by atoms with Gasteiger partial charge < -0.3 is 4.90 Å². The van der Waals surface area contributed by atoms with E-state index >= 15 is 0 Å². The fourth-order valence-electron chi connectivity index (χ4n) is 2.69. The zero-order valence-corrected chi connectivity index (χ0v) is 13.3. The summed E-state index contributed by atoms with van der Waals surface area (Å²) in [6.07, 6.45) is -4.61. The van der Waals surface area contributed by atoms with Crippen LogP contribution < -0.4 is 4.90 Å². The maximum absolute atomic E-state index is 12.9. The number of nitrogens with zero attached hydrogens (tertiary/aromatic N) is 1. The summed E-state index contributed by atoms with van der Waals surface area (Å²) < 4.78 is 62.2. The Kier molecular flexibility index (Phi) is 3.65. The van der Waals surface area contributed by atoms with E-state index in [2.05, 4.69) is 0 Å². The second-order valence-electron chi connectivity index (χ2n) is 5.14. The molecule has 120 valence electrons. The van der Waals surface area contributed by atoms with Crippen molar-refractivity contribution in [1.29, 1.82) is 5.41 Å². The van der Waals surface area contributed by atoms with Crippen molar-refractivity contribution in [2.45, 2.75) is 17.5 Å². The second kappa shape index (κ2) is 5.04. The number of hydrogen-bond acceptors (Lipinski definition) is 4. The number of benzene rings is 1. The van der Waals surface area contributed by atoms with E-state index in [1.165, 1.54) is 11.0 Å². The lowest BCUT2D eigenvalue weighted by molar-refractivity contribution is -0.137. The van der Waals surface area contributed by atoms with Gasteiger partial charge in [0.1, 0.15) is 0 Å². The van der Waals surface area contributed by atoms with Crippen molar-refractivity contribution in [3.8, 4) is 0 Å². The molecule has 0 amide bonds. The smallest absolute Gasteiger partial charge is 0.316 e. The molecule has 0 bridgehead atoms. The lowest BCUT2D eigenvalue weighted by Crippen LogP contribution is -2.37. The van der Waals surface area contributed by atoms with E-state index in [1.807, 2.05) is 0 Å². The van der Waals surface area contributed by atoms with Crippen LogP contribution >= 0.6 is 23.4 Å². The van der Waals surface area contributed by atoms with Gasteiger partial charge in [-0.25, -0.2) is 8.42 Å². The van der Waals surface area contributed by atoms with E-state index in [-0.39, 0.29) is 27.6 Å². The Bertz CT molecular complexity index is 751. The molecule has 1 N–H and O–H groups in total. The minimum absolute atomic E-state index is 0.0546. The third-order valence-electron chi connectivity index (χ3n) is 3.62. The molecule has 4 nitrogen and oxygen atoms in total. The van der Waals surface area contributed by atoms with Gasteiger partial charge in [0.2, 0.25) is 0 Å². The molecule has 0 aromatic heterocycles. The van der Waals surface area contributed by atoms with Gasteiger partial charge in [0.25, 0.3) is 0 Å². The van der Waals surface area contributed by atoms with Crippen molar-refractivity contribution < 1.29 is 21.6 Å². The normalized spacial score (nSPS) is 27.3. The zero-order chi connectivity index (χ0) is 16.3. The van der Waals surface area contributed by atoms with Crippen LogP contribution in [-0.2, 0) is 16.0 Å². The molecule has 1 aromatic rings. The molecule has 2 saturated heterocycles. The van der Waals surface area contributed by atoms with Crippen molar-refractivity contribution in [3.05, 3.63) is 28.8 Å². The number of halogens is 4. The maximum Gasteiger partial charge on any atom is 0.417 e. The molecule has 2 aliphatic rings. The van der Waals surface area contributed by atoms with Gasteiger partial charge in [-0.2, -0.15) is 13.2 Å². The molecule has 2 fully saturated rings. The Morgan fingerprint density at radius 3 is 2.64 bits per heavy atom. The first-order valence-electron chi connectivity index (χ1n) is 6.20.